The molecular formula is C12H11BrF3N3OS. The number of likely N-dealkylation sites (N-methyl/N-ethyl adjacent to an activating group) is 1. The zero-order valence-corrected chi connectivity index (χ0v) is 13.2. The molecule has 0 saturated heterocycles. The minimum atomic E-state index is -4.50. The predicted octanol–water partition coefficient (Wildman–Crippen LogP) is 3.49. The van der Waals surface area contributed by atoms with Crippen molar-refractivity contribution in [2.45, 2.75) is 12.3 Å². The van der Waals surface area contributed by atoms with Crippen LogP contribution in [0.4, 0.5) is 18.3 Å². The molecule has 1 heterocycles. The van der Waals surface area contributed by atoms with Crippen molar-refractivity contribution in [1.29, 1.82) is 0 Å². The third-order valence-corrected chi connectivity index (χ3v) is 4.50. The van der Waals surface area contributed by atoms with Gasteiger partial charge in [0.2, 0.25) is 10.1 Å². The molecule has 21 heavy (non-hydrogen) atoms. The maximum absolute atomic E-state index is 12.5. The van der Waals surface area contributed by atoms with Gasteiger partial charge in [-0.3, -0.25) is 0 Å². The molecule has 1 atom stereocenters. The van der Waals surface area contributed by atoms with Crippen LogP contribution in [-0.4, -0.2) is 28.9 Å². The van der Waals surface area contributed by atoms with Crippen LogP contribution >= 0.6 is 27.3 Å². The van der Waals surface area contributed by atoms with Gasteiger partial charge in [0, 0.05) is 11.5 Å². The Morgan fingerprint density at radius 2 is 2.00 bits per heavy atom. The van der Waals surface area contributed by atoms with Gasteiger partial charge in [-0.25, -0.2) is 0 Å². The molecule has 0 aliphatic rings. The third-order valence-electron chi connectivity index (χ3n) is 2.69. The summed E-state index contributed by atoms with van der Waals surface area (Å²) in [6, 6.07) is 7.11. The van der Waals surface area contributed by atoms with E-state index in [0.29, 0.717) is 16.9 Å². The Balaban J connectivity index is 2.09. The minimum Gasteiger partial charge on any atom is -0.387 e. The van der Waals surface area contributed by atoms with E-state index < -0.39 is 17.3 Å². The lowest BCUT2D eigenvalue weighted by Crippen LogP contribution is -2.24. The zero-order valence-electron chi connectivity index (χ0n) is 10.8. The van der Waals surface area contributed by atoms with E-state index in [1.165, 1.54) is 4.90 Å². The first-order chi connectivity index (χ1) is 9.79. The molecule has 0 aliphatic heterocycles. The van der Waals surface area contributed by atoms with Gasteiger partial charge in [0.15, 0.2) is 0 Å². The van der Waals surface area contributed by atoms with Crippen molar-refractivity contribution in [3.63, 3.8) is 0 Å². The fourth-order valence-electron chi connectivity index (χ4n) is 1.67. The highest BCUT2D eigenvalue weighted by atomic mass is 79.9. The Labute approximate surface area is 131 Å². The summed E-state index contributed by atoms with van der Waals surface area (Å²) in [5.74, 6) is 0. The SMILES string of the molecule is CN(CC(O)c1ccccc1Br)c1nnc(C(F)(F)F)s1. The fraction of sp³-hybridized carbons (Fsp3) is 0.333. The summed E-state index contributed by atoms with van der Waals surface area (Å²) in [6.45, 7) is 0.106. The Bertz CT molecular complexity index is 620. The molecule has 1 N–H and O–H groups in total. The van der Waals surface area contributed by atoms with Gasteiger partial charge in [0.25, 0.3) is 0 Å². The third kappa shape index (κ3) is 3.92. The lowest BCUT2D eigenvalue weighted by molar-refractivity contribution is -0.138. The minimum absolute atomic E-state index is 0.105. The van der Waals surface area contributed by atoms with Crippen LogP contribution in [0.3, 0.4) is 0 Å². The Hall–Kier alpha value is -1.19. The summed E-state index contributed by atoms with van der Waals surface area (Å²) in [6.07, 6.45) is -5.36. The number of rotatable bonds is 4. The highest BCUT2D eigenvalue weighted by molar-refractivity contribution is 9.10. The van der Waals surface area contributed by atoms with Crippen LogP contribution in [0.5, 0.6) is 0 Å². The molecule has 2 aromatic rings. The lowest BCUT2D eigenvalue weighted by Gasteiger charge is -2.20. The molecule has 0 aliphatic carbocycles. The Morgan fingerprint density at radius 1 is 1.33 bits per heavy atom. The van der Waals surface area contributed by atoms with E-state index >= 15 is 0 Å². The van der Waals surface area contributed by atoms with Crippen molar-refractivity contribution < 1.29 is 18.3 Å². The van der Waals surface area contributed by atoms with Crippen LogP contribution in [0.15, 0.2) is 28.7 Å². The van der Waals surface area contributed by atoms with Crippen LogP contribution in [0, 0.1) is 0 Å². The second-order valence-corrected chi connectivity index (χ2v) is 6.12. The second-order valence-electron chi connectivity index (χ2n) is 4.31. The molecule has 1 aromatic carbocycles. The van der Waals surface area contributed by atoms with Gasteiger partial charge in [-0.1, -0.05) is 45.5 Å². The molecule has 0 saturated carbocycles. The molecule has 0 bridgehead atoms. The van der Waals surface area contributed by atoms with Gasteiger partial charge in [-0.2, -0.15) is 13.2 Å². The normalized spacial score (nSPS) is 13.2. The van der Waals surface area contributed by atoms with Gasteiger partial charge < -0.3 is 10.0 Å². The van der Waals surface area contributed by atoms with Gasteiger partial charge in [0.05, 0.1) is 12.6 Å². The zero-order chi connectivity index (χ0) is 15.6. The largest absolute Gasteiger partial charge is 0.445 e. The van der Waals surface area contributed by atoms with Crippen molar-refractivity contribution in [2.75, 3.05) is 18.5 Å². The summed E-state index contributed by atoms with van der Waals surface area (Å²) >= 11 is 3.77. The number of hydrogen-bond acceptors (Lipinski definition) is 5. The first-order valence-electron chi connectivity index (χ1n) is 5.83. The van der Waals surface area contributed by atoms with Gasteiger partial charge in [-0.15, -0.1) is 10.2 Å². The molecule has 1 aromatic heterocycles. The van der Waals surface area contributed by atoms with E-state index in [9.17, 15) is 18.3 Å². The van der Waals surface area contributed by atoms with E-state index in [-0.39, 0.29) is 11.7 Å². The molecular weight excluding hydrogens is 371 g/mol. The molecule has 0 radical (unpaired) electrons. The van der Waals surface area contributed by atoms with Crippen molar-refractivity contribution in [3.05, 3.63) is 39.3 Å². The molecule has 114 valence electrons. The van der Waals surface area contributed by atoms with Crippen molar-refractivity contribution in [1.82, 2.24) is 10.2 Å². The second kappa shape index (κ2) is 6.29. The molecule has 2 rings (SSSR count). The van der Waals surface area contributed by atoms with E-state index in [2.05, 4.69) is 26.1 Å². The number of anilines is 1. The van der Waals surface area contributed by atoms with E-state index in [1.54, 1.807) is 25.2 Å². The number of benzene rings is 1. The number of aliphatic hydroxyl groups is 1. The molecule has 0 spiro atoms. The molecule has 4 nitrogen and oxygen atoms in total. The first-order valence-corrected chi connectivity index (χ1v) is 7.44. The summed E-state index contributed by atoms with van der Waals surface area (Å²) in [5, 5.41) is 15.9. The topological polar surface area (TPSA) is 49.2 Å². The van der Waals surface area contributed by atoms with Crippen LogP contribution < -0.4 is 4.90 Å². The summed E-state index contributed by atoms with van der Waals surface area (Å²) in [4.78, 5) is 1.44. The quantitative estimate of drug-likeness (QED) is 0.880. The first kappa shape index (κ1) is 16.2. The number of halogens is 4. The number of alkyl halides is 3. The molecule has 1 unspecified atom stereocenters. The van der Waals surface area contributed by atoms with Crippen LogP contribution in [0.2, 0.25) is 0 Å². The van der Waals surface area contributed by atoms with E-state index in [4.69, 9.17) is 0 Å². The highest BCUT2D eigenvalue weighted by Gasteiger charge is 2.36. The number of nitrogens with zero attached hydrogens (tertiary/aromatic N) is 3. The maximum atomic E-state index is 12.5. The maximum Gasteiger partial charge on any atom is 0.445 e. The standard InChI is InChI=1S/C12H11BrF3N3OS/c1-19(11-18-17-10(21-11)12(14,15)16)6-9(20)7-4-2-3-5-8(7)13/h2-5,9,20H,6H2,1H3. The van der Waals surface area contributed by atoms with Crippen LogP contribution in [0.1, 0.15) is 16.7 Å². The van der Waals surface area contributed by atoms with Crippen molar-refractivity contribution in [3.8, 4) is 0 Å². The highest BCUT2D eigenvalue weighted by Crippen LogP contribution is 2.34. The van der Waals surface area contributed by atoms with Gasteiger partial charge >= 0.3 is 6.18 Å². The smallest absolute Gasteiger partial charge is 0.387 e. The lowest BCUT2D eigenvalue weighted by atomic mass is 10.1. The van der Waals surface area contributed by atoms with Crippen molar-refractivity contribution >= 4 is 32.4 Å². The number of aliphatic hydroxyl groups excluding tert-OH is 1. The number of hydrogen-bond donors (Lipinski definition) is 1. The predicted molar refractivity (Wildman–Crippen MR) is 77.3 cm³/mol. The summed E-state index contributed by atoms with van der Waals surface area (Å²) in [7, 11) is 1.56. The average molecular weight is 382 g/mol. The molecule has 0 fully saturated rings. The molecule has 9 heteroatoms. The van der Waals surface area contributed by atoms with Crippen LogP contribution in [0.25, 0.3) is 0 Å². The summed E-state index contributed by atoms with van der Waals surface area (Å²) < 4.78 is 38.2. The van der Waals surface area contributed by atoms with E-state index in [1.807, 2.05) is 6.07 Å². The average Bonchev–Trinajstić information content (AvgIpc) is 2.88. The van der Waals surface area contributed by atoms with Gasteiger partial charge in [0.1, 0.15) is 0 Å². The van der Waals surface area contributed by atoms with Gasteiger partial charge in [-0.05, 0) is 11.6 Å². The van der Waals surface area contributed by atoms with E-state index in [0.717, 1.165) is 4.47 Å². The van der Waals surface area contributed by atoms with Crippen molar-refractivity contribution in [2.24, 2.45) is 0 Å². The monoisotopic (exact) mass is 381 g/mol. The van der Waals surface area contributed by atoms with Crippen LogP contribution in [-0.2, 0) is 6.18 Å². The Morgan fingerprint density at radius 3 is 2.57 bits per heavy atom. The number of aromatic nitrogens is 2. The fourth-order valence-corrected chi connectivity index (χ4v) is 2.90. The molecule has 0 amide bonds. The Kier molecular flexibility index (Phi) is 4.84. The summed E-state index contributed by atoms with van der Waals surface area (Å²) in [5.41, 5.74) is 0.657.